The molecule has 1 saturated heterocycles. The number of benzene rings is 2. The first-order chi connectivity index (χ1) is 12.9. The minimum absolute atomic E-state index is 0.0654. The van der Waals surface area contributed by atoms with E-state index in [9.17, 15) is 4.79 Å². The minimum atomic E-state index is -0.473. The number of nitrogens with zero attached hydrogens (tertiary/aromatic N) is 2. The number of aryl methyl sites for hydroxylation is 3. The quantitative estimate of drug-likeness (QED) is 0.819. The fourth-order valence-electron chi connectivity index (χ4n) is 3.68. The monoisotopic (exact) mass is 366 g/mol. The van der Waals surface area contributed by atoms with E-state index in [1.807, 2.05) is 30.9 Å². The van der Waals surface area contributed by atoms with Crippen LogP contribution < -0.4 is 9.64 Å². The molecule has 2 aromatic carbocycles. The molecular weight excluding hydrogens is 336 g/mol. The largest absolute Gasteiger partial charge is 0.481 e. The van der Waals surface area contributed by atoms with Crippen molar-refractivity contribution in [3.05, 3.63) is 58.7 Å². The highest BCUT2D eigenvalue weighted by Gasteiger charge is 2.27. The van der Waals surface area contributed by atoms with Crippen LogP contribution in [0.25, 0.3) is 0 Å². The molecule has 0 spiro atoms. The highest BCUT2D eigenvalue weighted by Crippen LogP contribution is 2.24. The molecule has 4 nitrogen and oxygen atoms in total. The van der Waals surface area contributed by atoms with E-state index in [-0.39, 0.29) is 5.91 Å². The number of piperazine rings is 1. The fraction of sp³-hybridized carbons (Fsp3) is 0.435. The van der Waals surface area contributed by atoms with Gasteiger partial charge < -0.3 is 14.5 Å². The maximum absolute atomic E-state index is 12.8. The predicted octanol–water partition coefficient (Wildman–Crippen LogP) is 4.04. The second-order valence-corrected chi connectivity index (χ2v) is 7.56. The molecule has 1 heterocycles. The average molecular weight is 367 g/mol. The molecule has 1 atom stereocenters. The Labute approximate surface area is 162 Å². The van der Waals surface area contributed by atoms with Crippen molar-refractivity contribution in [2.45, 2.75) is 40.7 Å². The first-order valence-electron chi connectivity index (χ1n) is 9.70. The summed E-state index contributed by atoms with van der Waals surface area (Å²) < 4.78 is 5.96. The van der Waals surface area contributed by atoms with E-state index in [2.05, 4.69) is 49.9 Å². The lowest BCUT2D eigenvalue weighted by molar-refractivity contribution is -0.138. The zero-order valence-corrected chi connectivity index (χ0v) is 17.1. The summed E-state index contributed by atoms with van der Waals surface area (Å²) in [5.74, 6) is 0.853. The Morgan fingerprint density at radius 3 is 2.33 bits per heavy atom. The van der Waals surface area contributed by atoms with Crippen molar-refractivity contribution in [3.8, 4) is 5.75 Å². The van der Waals surface area contributed by atoms with Crippen LogP contribution in [0.4, 0.5) is 5.69 Å². The summed E-state index contributed by atoms with van der Waals surface area (Å²) in [6.07, 6.45) is -0.473. The van der Waals surface area contributed by atoms with Crippen molar-refractivity contribution in [2.75, 3.05) is 31.1 Å². The zero-order valence-electron chi connectivity index (χ0n) is 17.1. The van der Waals surface area contributed by atoms with Crippen LogP contribution in [-0.2, 0) is 4.79 Å². The lowest BCUT2D eigenvalue weighted by Gasteiger charge is -2.38. The van der Waals surface area contributed by atoms with Gasteiger partial charge in [-0.05, 0) is 63.4 Å². The molecule has 27 heavy (non-hydrogen) atoms. The highest BCUT2D eigenvalue weighted by molar-refractivity contribution is 5.81. The van der Waals surface area contributed by atoms with Gasteiger partial charge in [-0.3, -0.25) is 4.79 Å². The van der Waals surface area contributed by atoms with Gasteiger partial charge in [0.25, 0.3) is 5.91 Å². The summed E-state index contributed by atoms with van der Waals surface area (Å²) in [5, 5.41) is 0. The molecule has 0 aliphatic carbocycles. The summed E-state index contributed by atoms with van der Waals surface area (Å²) in [6, 6.07) is 12.5. The van der Waals surface area contributed by atoms with Crippen LogP contribution in [0.1, 0.15) is 29.2 Å². The van der Waals surface area contributed by atoms with E-state index in [1.54, 1.807) is 0 Å². The number of anilines is 1. The lowest BCUT2D eigenvalue weighted by Crippen LogP contribution is -2.52. The summed E-state index contributed by atoms with van der Waals surface area (Å²) >= 11 is 0. The molecule has 1 aliphatic heterocycles. The van der Waals surface area contributed by atoms with E-state index >= 15 is 0 Å². The molecule has 0 unspecified atom stereocenters. The van der Waals surface area contributed by atoms with Gasteiger partial charge in [0.05, 0.1) is 0 Å². The Morgan fingerprint density at radius 2 is 1.67 bits per heavy atom. The molecule has 0 radical (unpaired) electrons. The molecular formula is C23H30N2O2. The van der Waals surface area contributed by atoms with Crippen LogP contribution in [0.2, 0.25) is 0 Å². The second kappa shape index (κ2) is 8.03. The molecule has 0 saturated carbocycles. The molecule has 0 N–H and O–H groups in total. The van der Waals surface area contributed by atoms with E-state index < -0.39 is 6.10 Å². The minimum Gasteiger partial charge on any atom is -0.481 e. The van der Waals surface area contributed by atoms with Gasteiger partial charge in [-0.15, -0.1) is 0 Å². The summed E-state index contributed by atoms with van der Waals surface area (Å²) in [5.41, 5.74) is 6.17. The molecule has 1 amide bonds. The van der Waals surface area contributed by atoms with Crippen LogP contribution in [-0.4, -0.2) is 43.1 Å². The van der Waals surface area contributed by atoms with Crippen molar-refractivity contribution in [1.82, 2.24) is 4.90 Å². The Hall–Kier alpha value is -2.49. The van der Waals surface area contributed by atoms with Gasteiger partial charge in [-0.2, -0.15) is 0 Å². The molecule has 0 aromatic heterocycles. The van der Waals surface area contributed by atoms with E-state index in [0.29, 0.717) is 0 Å². The van der Waals surface area contributed by atoms with Crippen LogP contribution in [0, 0.1) is 27.7 Å². The first kappa shape index (κ1) is 19.3. The van der Waals surface area contributed by atoms with Crippen molar-refractivity contribution >= 4 is 11.6 Å². The average Bonchev–Trinajstić information content (AvgIpc) is 2.66. The summed E-state index contributed by atoms with van der Waals surface area (Å²) in [4.78, 5) is 17.1. The summed E-state index contributed by atoms with van der Waals surface area (Å²) in [7, 11) is 0. The van der Waals surface area contributed by atoms with Gasteiger partial charge in [0, 0.05) is 31.9 Å². The SMILES string of the molecule is Cc1ccc(O[C@H](C)C(=O)N2CCN(c3cccc(C)c3C)CC2)c(C)c1. The van der Waals surface area contributed by atoms with Crippen LogP contribution in [0.3, 0.4) is 0 Å². The maximum Gasteiger partial charge on any atom is 0.263 e. The molecule has 4 heteroatoms. The number of carbonyl (C=O) groups excluding carboxylic acids is 1. The molecule has 144 valence electrons. The van der Waals surface area contributed by atoms with Gasteiger partial charge in [0.2, 0.25) is 0 Å². The molecule has 3 rings (SSSR count). The van der Waals surface area contributed by atoms with Gasteiger partial charge in [0.15, 0.2) is 6.10 Å². The number of ether oxygens (including phenoxy) is 1. The maximum atomic E-state index is 12.8. The van der Waals surface area contributed by atoms with E-state index in [4.69, 9.17) is 4.74 Å². The zero-order chi connectivity index (χ0) is 19.6. The van der Waals surface area contributed by atoms with E-state index in [1.165, 1.54) is 22.4 Å². The Bertz CT molecular complexity index is 823. The molecule has 1 aliphatic rings. The van der Waals surface area contributed by atoms with Crippen LogP contribution in [0.5, 0.6) is 5.75 Å². The van der Waals surface area contributed by atoms with Crippen LogP contribution in [0.15, 0.2) is 36.4 Å². The number of amides is 1. The summed E-state index contributed by atoms with van der Waals surface area (Å²) in [6.45, 7) is 13.4. The number of hydrogen-bond acceptors (Lipinski definition) is 3. The third-order valence-corrected chi connectivity index (χ3v) is 5.49. The number of hydrogen-bond donors (Lipinski definition) is 0. The second-order valence-electron chi connectivity index (χ2n) is 7.56. The normalized spacial score (nSPS) is 15.6. The third kappa shape index (κ3) is 4.26. The van der Waals surface area contributed by atoms with Gasteiger partial charge in [-0.25, -0.2) is 0 Å². The van der Waals surface area contributed by atoms with Crippen molar-refractivity contribution < 1.29 is 9.53 Å². The van der Waals surface area contributed by atoms with Gasteiger partial charge >= 0.3 is 0 Å². The van der Waals surface area contributed by atoms with Crippen molar-refractivity contribution in [1.29, 1.82) is 0 Å². The lowest BCUT2D eigenvalue weighted by atomic mass is 10.1. The Kier molecular flexibility index (Phi) is 5.73. The fourth-order valence-corrected chi connectivity index (χ4v) is 3.68. The standard InChI is InChI=1S/C23H30N2O2/c1-16-9-10-22(18(3)15-16)27-20(5)23(26)25-13-11-24(12-14-25)21-8-6-7-17(2)19(21)4/h6-10,15,20H,11-14H2,1-5H3/t20-/m1/s1. The third-order valence-electron chi connectivity index (χ3n) is 5.49. The smallest absolute Gasteiger partial charge is 0.263 e. The van der Waals surface area contributed by atoms with Gasteiger partial charge in [0.1, 0.15) is 5.75 Å². The van der Waals surface area contributed by atoms with E-state index in [0.717, 1.165) is 37.5 Å². The highest BCUT2D eigenvalue weighted by atomic mass is 16.5. The van der Waals surface area contributed by atoms with Crippen molar-refractivity contribution in [2.24, 2.45) is 0 Å². The molecule has 1 fully saturated rings. The van der Waals surface area contributed by atoms with Crippen LogP contribution >= 0.6 is 0 Å². The molecule has 0 bridgehead atoms. The Balaban J connectivity index is 1.60. The number of carbonyl (C=O) groups is 1. The Morgan fingerprint density at radius 1 is 0.963 bits per heavy atom. The topological polar surface area (TPSA) is 32.8 Å². The number of rotatable bonds is 4. The van der Waals surface area contributed by atoms with Gasteiger partial charge in [-0.1, -0.05) is 29.8 Å². The van der Waals surface area contributed by atoms with Crippen molar-refractivity contribution in [3.63, 3.8) is 0 Å². The first-order valence-corrected chi connectivity index (χ1v) is 9.70. The predicted molar refractivity (Wildman–Crippen MR) is 111 cm³/mol. The molecule has 2 aromatic rings.